The van der Waals surface area contributed by atoms with Crippen LogP contribution in [0, 0.1) is 12.8 Å². The van der Waals surface area contributed by atoms with E-state index in [1.54, 1.807) is 0 Å². The van der Waals surface area contributed by atoms with Gasteiger partial charge in [-0.25, -0.2) is 14.8 Å². The minimum absolute atomic E-state index is 0.189. The summed E-state index contributed by atoms with van der Waals surface area (Å²) in [6, 6.07) is 17.6. The fourth-order valence-electron chi connectivity index (χ4n) is 6.51. The molecule has 0 atom stereocenters. The number of carbonyl (C=O) groups excluding carboxylic acids is 2. The highest BCUT2D eigenvalue weighted by molar-refractivity contribution is 7.22. The average Bonchev–Trinajstić information content (AvgIpc) is 3.80. The second kappa shape index (κ2) is 11.8. The van der Waals surface area contributed by atoms with Gasteiger partial charge in [0.2, 0.25) is 0 Å². The van der Waals surface area contributed by atoms with Gasteiger partial charge in [0.15, 0.2) is 10.8 Å². The number of thiazole rings is 1. The Morgan fingerprint density at radius 2 is 1.86 bits per heavy atom. The van der Waals surface area contributed by atoms with Crippen LogP contribution in [0.2, 0.25) is 0 Å². The van der Waals surface area contributed by atoms with Gasteiger partial charge < -0.3 is 9.64 Å². The second-order valence-electron chi connectivity index (χ2n) is 11.6. The predicted molar refractivity (Wildman–Crippen MR) is 172 cm³/mol. The second-order valence-corrected chi connectivity index (χ2v) is 12.6. The van der Waals surface area contributed by atoms with Crippen LogP contribution in [0.15, 0.2) is 60.8 Å². The number of nitrogens with one attached hydrogen (secondary N) is 1. The van der Waals surface area contributed by atoms with Crippen molar-refractivity contribution >= 4 is 44.4 Å². The number of amides is 1. The van der Waals surface area contributed by atoms with Crippen LogP contribution >= 0.6 is 11.3 Å². The summed E-state index contributed by atoms with van der Waals surface area (Å²) in [6.45, 7) is 4.15. The summed E-state index contributed by atoms with van der Waals surface area (Å²) in [5.41, 5.74) is 6.45. The molecule has 1 N–H and O–H groups in total. The normalized spacial score (nSPS) is 15.0. The molecular formula is C34H34N6O3S. The van der Waals surface area contributed by atoms with Crippen LogP contribution in [0.4, 0.5) is 10.9 Å². The number of pyridine rings is 1. The van der Waals surface area contributed by atoms with Crippen LogP contribution in [0.1, 0.15) is 63.4 Å². The Kier molecular flexibility index (Phi) is 7.59. The summed E-state index contributed by atoms with van der Waals surface area (Å²) in [4.78, 5) is 38.0. The number of carbonyl (C=O) groups is 2. The SMILES string of the molecule is COC(=O)c1nc(N2CCc3cccc(C(=O)Nc4nc5ccccc5s4)c3C2)ccc1-c1cnn(CC2CCCC2)c1C. The Balaban J connectivity index is 1.16. The fraction of sp³-hybridized carbons (Fsp3) is 0.324. The lowest BCUT2D eigenvalue weighted by molar-refractivity contribution is 0.0595. The lowest BCUT2D eigenvalue weighted by Crippen LogP contribution is -2.33. The molecule has 0 radical (unpaired) electrons. The molecule has 0 bridgehead atoms. The number of benzene rings is 2. The molecule has 10 heteroatoms. The van der Waals surface area contributed by atoms with Crippen LogP contribution in [0.3, 0.4) is 0 Å². The first-order valence-corrected chi connectivity index (χ1v) is 15.9. The molecule has 5 aromatic rings. The largest absolute Gasteiger partial charge is 0.464 e. The number of methoxy groups -OCH3 is 1. The van der Waals surface area contributed by atoms with Gasteiger partial charge in [-0.1, -0.05) is 48.4 Å². The molecule has 7 rings (SSSR count). The molecule has 2 aliphatic rings. The van der Waals surface area contributed by atoms with E-state index >= 15 is 0 Å². The van der Waals surface area contributed by atoms with E-state index in [2.05, 4.69) is 38.0 Å². The molecule has 1 amide bonds. The highest BCUT2D eigenvalue weighted by atomic mass is 32.1. The summed E-state index contributed by atoms with van der Waals surface area (Å²) in [7, 11) is 1.38. The number of rotatable bonds is 7. The highest BCUT2D eigenvalue weighted by Gasteiger charge is 2.26. The van der Waals surface area contributed by atoms with Crippen molar-refractivity contribution in [3.63, 3.8) is 0 Å². The maximum Gasteiger partial charge on any atom is 0.357 e. The zero-order valence-electron chi connectivity index (χ0n) is 24.9. The van der Waals surface area contributed by atoms with E-state index in [9.17, 15) is 9.59 Å². The van der Waals surface area contributed by atoms with Crippen molar-refractivity contribution < 1.29 is 14.3 Å². The molecule has 2 aromatic carbocycles. The van der Waals surface area contributed by atoms with Gasteiger partial charge in [0.25, 0.3) is 5.91 Å². The number of hydrogen-bond acceptors (Lipinski definition) is 8. The Morgan fingerprint density at radius 1 is 1.02 bits per heavy atom. The van der Waals surface area contributed by atoms with Crippen molar-refractivity contribution in [2.24, 2.45) is 5.92 Å². The molecule has 0 spiro atoms. The standard InChI is InChI=1S/C34H34N6O3S/c1-21-26(18-35-40(21)19-22-8-3-4-9-22)24-14-15-30(37-31(24)33(42)43-2)39-17-16-23-10-7-11-25(27(23)20-39)32(41)38-34-36-28-12-5-6-13-29(28)44-34/h5-7,10-15,18,22H,3-4,8-9,16-17,19-20H2,1-2H3,(H,36,38,41). The fourth-order valence-corrected chi connectivity index (χ4v) is 7.37. The van der Waals surface area contributed by atoms with E-state index in [0.717, 1.165) is 45.6 Å². The minimum Gasteiger partial charge on any atom is -0.464 e. The number of esters is 1. The van der Waals surface area contributed by atoms with Crippen molar-refractivity contribution in [2.45, 2.75) is 52.1 Å². The van der Waals surface area contributed by atoms with Crippen molar-refractivity contribution in [1.29, 1.82) is 0 Å². The van der Waals surface area contributed by atoms with E-state index in [1.165, 1.54) is 44.1 Å². The molecule has 44 heavy (non-hydrogen) atoms. The molecule has 1 saturated carbocycles. The topological polar surface area (TPSA) is 102 Å². The number of nitrogens with zero attached hydrogens (tertiary/aromatic N) is 5. The minimum atomic E-state index is -0.488. The summed E-state index contributed by atoms with van der Waals surface area (Å²) in [5.74, 6) is 0.638. The number of aromatic nitrogens is 4. The van der Waals surface area contributed by atoms with Crippen LogP contribution in [0.25, 0.3) is 21.3 Å². The van der Waals surface area contributed by atoms with Gasteiger partial charge in [0, 0.05) is 42.0 Å². The van der Waals surface area contributed by atoms with Gasteiger partial charge in [0.05, 0.1) is 23.5 Å². The zero-order valence-corrected chi connectivity index (χ0v) is 25.7. The maximum absolute atomic E-state index is 13.5. The Morgan fingerprint density at radius 3 is 2.68 bits per heavy atom. The number of hydrogen-bond donors (Lipinski definition) is 1. The van der Waals surface area contributed by atoms with Gasteiger partial charge in [-0.05, 0) is 73.6 Å². The summed E-state index contributed by atoms with van der Waals surface area (Å²) >= 11 is 1.46. The van der Waals surface area contributed by atoms with Crippen molar-refractivity contribution in [1.82, 2.24) is 19.7 Å². The summed E-state index contributed by atoms with van der Waals surface area (Å²) in [6.07, 6.45) is 7.63. The molecule has 0 unspecified atom stereocenters. The predicted octanol–water partition coefficient (Wildman–Crippen LogP) is 6.66. The van der Waals surface area contributed by atoms with E-state index in [0.29, 0.717) is 41.1 Å². The average molecular weight is 607 g/mol. The van der Waals surface area contributed by atoms with Crippen LogP contribution < -0.4 is 10.2 Å². The quantitative estimate of drug-likeness (QED) is 0.207. The van der Waals surface area contributed by atoms with E-state index in [1.807, 2.05) is 54.7 Å². The van der Waals surface area contributed by atoms with Gasteiger partial charge in [-0.3, -0.25) is 14.8 Å². The lowest BCUT2D eigenvalue weighted by atomic mass is 9.94. The van der Waals surface area contributed by atoms with Gasteiger partial charge in [-0.15, -0.1) is 0 Å². The molecular weight excluding hydrogens is 572 g/mol. The number of fused-ring (bicyclic) bond motifs is 2. The van der Waals surface area contributed by atoms with Crippen molar-refractivity contribution in [2.75, 3.05) is 23.9 Å². The third kappa shape index (κ3) is 5.34. The first kappa shape index (κ1) is 28.2. The van der Waals surface area contributed by atoms with Crippen molar-refractivity contribution in [3.8, 4) is 11.1 Å². The van der Waals surface area contributed by atoms with Crippen molar-refractivity contribution in [3.05, 3.63) is 88.9 Å². The van der Waals surface area contributed by atoms with Gasteiger partial charge in [-0.2, -0.15) is 5.10 Å². The third-order valence-corrected chi connectivity index (χ3v) is 9.87. The van der Waals surface area contributed by atoms with Crippen LogP contribution in [-0.2, 0) is 24.2 Å². The first-order valence-electron chi connectivity index (χ1n) is 15.1. The molecule has 224 valence electrons. The first-order chi connectivity index (χ1) is 21.5. The smallest absolute Gasteiger partial charge is 0.357 e. The number of para-hydroxylation sites is 1. The maximum atomic E-state index is 13.5. The molecule has 0 saturated heterocycles. The van der Waals surface area contributed by atoms with Gasteiger partial charge >= 0.3 is 5.97 Å². The molecule has 9 nitrogen and oxygen atoms in total. The highest BCUT2D eigenvalue weighted by Crippen LogP contribution is 2.33. The van der Waals surface area contributed by atoms with Crippen LogP contribution in [0.5, 0.6) is 0 Å². The monoisotopic (exact) mass is 606 g/mol. The molecule has 1 aliphatic carbocycles. The summed E-state index contributed by atoms with van der Waals surface area (Å²) in [5, 5.41) is 8.25. The van der Waals surface area contributed by atoms with E-state index in [-0.39, 0.29) is 11.6 Å². The van der Waals surface area contributed by atoms with Gasteiger partial charge in [0.1, 0.15) is 5.82 Å². The van der Waals surface area contributed by atoms with E-state index < -0.39 is 5.97 Å². The summed E-state index contributed by atoms with van der Waals surface area (Å²) < 4.78 is 8.26. The van der Waals surface area contributed by atoms with Crippen LogP contribution in [-0.4, -0.2) is 45.3 Å². The zero-order chi connectivity index (χ0) is 30.2. The third-order valence-electron chi connectivity index (χ3n) is 8.91. The Labute approximate surface area is 259 Å². The number of ether oxygens (including phenoxy) is 1. The van der Waals surface area contributed by atoms with E-state index in [4.69, 9.17) is 9.72 Å². The Bertz CT molecular complexity index is 1840. The number of anilines is 2. The molecule has 1 fully saturated rings. The molecule has 4 heterocycles. The molecule has 1 aliphatic heterocycles. The lowest BCUT2D eigenvalue weighted by Gasteiger charge is -2.31. The molecule has 3 aromatic heterocycles. The Hall–Kier alpha value is -4.57.